The zero-order chi connectivity index (χ0) is 10.9. The number of hydrogen-bond donors (Lipinski definition) is 1. The lowest BCUT2D eigenvalue weighted by atomic mass is 10.1. The first-order chi connectivity index (χ1) is 7.07. The number of alkyl halides is 3. The van der Waals surface area contributed by atoms with E-state index in [2.05, 4.69) is 15.4 Å². The molecule has 1 aromatic heterocycles. The van der Waals surface area contributed by atoms with Crippen molar-refractivity contribution in [1.82, 2.24) is 20.1 Å². The predicted molar refractivity (Wildman–Crippen MR) is 46.2 cm³/mol. The maximum absolute atomic E-state index is 12.2. The van der Waals surface area contributed by atoms with Gasteiger partial charge in [0.15, 0.2) is 0 Å². The first-order valence-electron chi connectivity index (χ1n) is 4.76. The summed E-state index contributed by atoms with van der Waals surface area (Å²) in [6.45, 7) is 1.57. The summed E-state index contributed by atoms with van der Waals surface area (Å²) in [6.07, 6.45) is -1.51. The van der Waals surface area contributed by atoms with Crippen LogP contribution in [0, 0.1) is 0 Å². The largest absolute Gasteiger partial charge is 0.453 e. The second kappa shape index (κ2) is 3.80. The molecular formula is C8H11F3N4. The number of halogens is 3. The topological polar surface area (TPSA) is 42.7 Å². The highest BCUT2D eigenvalue weighted by molar-refractivity contribution is 4.89. The lowest BCUT2D eigenvalue weighted by Crippen LogP contribution is -2.32. The van der Waals surface area contributed by atoms with Gasteiger partial charge in [-0.25, -0.2) is 9.67 Å². The first kappa shape index (κ1) is 10.4. The molecule has 1 aliphatic heterocycles. The number of aromatic nitrogens is 3. The molecule has 0 spiro atoms. The van der Waals surface area contributed by atoms with Crippen LogP contribution in [0.15, 0.2) is 6.33 Å². The monoisotopic (exact) mass is 220 g/mol. The average molecular weight is 220 g/mol. The number of rotatable bonds is 1. The Kier molecular flexibility index (Phi) is 2.64. The van der Waals surface area contributed by atoms with Gasteiger partial charge in [-0.05, 0) is 19.4 Å². The van der Waals surface area contributed by atoms with Crippen molar-refractivity contribution in [2.24, 2.45) is 0 Å². The SMILES string of the molecule is FC(F)(F)c1ncn([C@H]2CCCNC2)n1. The molecule has 0 saturated carbocycles. The maximum atomic E-state index is 12.2. The maximum Gasteiger partial charge on any atom is 0.453 e. The van der Waals surface area contributed by atoms with E-state index in [0.29, 0.717) is 6.54 Å². The number of nitrogens with zero attached hydrogens (tertiary/aromatic N) is 3. The molecule has 7 heteroatoms. The van der Waals surface area contributed by atoms with Crippen molar-refractivity contribution in [1.29, 1.82) is 0 Å². The Balaban J connectivity index is 2.12. The smallest absolute Gasteiger partial charge is 0.315 e. The Bertz CT molecular complexity index is 327. The summed E-state index contributed by atoms with van der Waals surface area (Å²) < 4.78 is 37.9. The first-order valence-corrected chi connectivity index (χ1v) is 4.76. The van der Waals surface area contributed by atoms with Crippen molar-refractivity contribution in [3.63, 3.8) is 0 Å². The molecule has 0 bridgehead atoms. The molecule has 1 aromatic rings. The highest BCUT2D eigenvalue weighted by Gasteiger charge is 2.36. The molecule has 2 heterocycles. The number of nitrogens with one attached hydrogen (secondary N) is 1. The molecule has 1 N–H and O–H groups in total. The van der Waals surface area contributed by atoms with Gasteiger partial charge in [-0.3, -0.25) is 0 Å². The van der Waals surface area contributed by atoms with Crippen LogP contribution in [-0.2, 0) is 6.18 Å². The predicted octanol–water partition coefficient (Wildman–Crippen LogP) is 1.22. The summed E-state index contributed by atoms with van der Waals surface area (Å²) in [4.78, 5) is 3.26. The van der Waals surface area contributed by atoms with E-state index in [1.54, 1.807) is 0 Å². The van der Waals surface area contributed by atoms with Crippen molar-refractivity contribution >= 4 is 0 Å². The van der Waals surface area contributed by atoms with Crippen molar-refractivity contribution in [2.45, 2.75) is 25.1 Å². The molecule has 0 radical (unpaired) electrons. The molecule has 1 fully saturated rings. The summed E-state index contributed by atoms with van der Waals surface area (Å²) in [7, 11) is 0. The summed E-state index contributed by atoms with van der Waals surface area (Å²) in [5, 5.41) is 6.56. The van der Waals surface area contributed by atoms with Crippen LogP contribution in [0.25, 0.3) is 0 Å². The standard InChI is InChI=1S/C8H11F3N4/c9-8(10,11)7-13-5-15(14-7)6-2-1-3-12-4-6/h5-6,12H,1-4H2/t6-/m0/s1. The second-order valence-electron chi connectivity index (χ2n) is 3.55. The molecule has 1 atom stereocenters. The quantitative estimate of drug-likeness (QED) is 0.773. The lowest BCUT2D eigenvalue weighted by molar-refractivity contribution is -0.145. The van der Waals surface area contributed by atoms with Crippen molar-refractivity contribution in [3.8, 4) is 0 Å². The molecule has 0 aromatic carbocycles. The third kappa shape index (κ3) is 2.28. The minimum atomic E-state index is -4.45. The second-order valence-corrected chi connectivity index (χ2v) is 3.55. The molecule has 2 rings (SSSR count). The van der Waals surface area contributed by atoms with E-state index in [1.807, 2.05) is 0 Å². The fraction of sp³-hybridized carbons (Fsp3) is 0.750. The molecule has 1 saturated heterocycles. The Morgan fingerprint density at radius 3 is 2.80 bits per heavy atom. The van der Waals surface area contributed by atoms with Crippen LogP contribution in [0.2, 0.25) is 0 Å². The molecule has 1 aliphatic rings. The van der Waals surface area contributed by atoms with E-state index in [0.717, 1.165) is 25.7 Å². The number of piperidine rings is 1. The van der Waals surface area contributed by atoms with Crippen LogP contribution in [-0.4, -0.2) is 27.9 Å². The Morgan fingerprint density at radius 2 is 2.27 bits per heavy atom. The molecule has 0 amide bonds. The summed E-state index contributed by atoms with van der Waals surface area (Å²) >= 11 is 0. The van der Waals surface area contributed by atoms with E-state index in [9.17, 15) is 13.2 Å². The van der Waals surface area contributed by atoms with Crippen LogP contribution >= 0.6 is 0 Å². The highest BCUT2D eigenvalue weighted by Crippen LogP contribution is 2.26. The Hall–Kier alpha value is -1.11. The third-order valence-corrected chi connectivity index (χ3v) is 2.41. The summed E-state index contributed by atoms with van der Waals surface area (Å²) in [5.74, 6) is -1.06. The van der Waals surface area contributed by atoms with Gasteiger partial charge in [0.1, 0.15) is 6.33 Å². The molecule has 15 heavy (non-hydrogen) atoms. The van der Waals surface area contributed by atoms with Gasteiger partial charge in [-0.2, -0.15) is 13.2 Å². The molecule has 0 unspecified atom stereocenters. The van der Waals surface area contributed by atoms with Crippen LogP contribution in [0.4, 0.5) is 13.2 Å². The Morgan fingerprint density at radius 1 is 1.47 bits per heavy atom. The molecule has 0 aliphatic carbocycles. The van der Waals surface area contributed by atoms with Crippen molar-refractivity contribution in [3.05, 3.63) is 12.2 Å². The number of hydrogen-bond acceptors (Lipinski definition) is 3. The van der Waals surface area contributed by atoms with Crippen molar-refractivity contribution in [2.75, 3.05) is 13.1 Å². The van der Waals surface area contributed by atoms with E-state index in [1.165, 1.54) is 4.68 Å². The van der Waals surface area contributed by atoms with Crippen LogP contribution in [0.3, 0.4) is 0 Å². The fourth-order valence-corrected chi connectivity index (χ4v) is 1.64. The lowest BCUT2D eigenvalue weighted by Gasteiger charge is -2.22. The van der Waals surface area contributed by atoms with Gasteiger partial charge in [0, 0.05) is 6.54 Å². The van der Waals surface area contributed by atoms with Crippen LogP contribution in [0.1, 0.15) is 24.7 Å². The summed E-state index contributed by atoms with van der Waals surface area (Å²) in [6, 6.07) is -0.0117. The minimum Gasteiger partial charge on any atom is -0.315 e. The van der Waals surface area contributed by atoms with Crippen molar-refractivity contribution < 1.29 is 13.2 Å². The average Bonchev–Trinajstić information content (AvgIpc) is 2.67. The van der Waals surface area contributed by atoms with Gasteiger partial charge < -0.3 is 5.32 Å². The van der Waals surface area contributed by atoms with Gasteiger partial charge >= 0.3 is 6.18 Å². The normalized spacial score (nSPS) is 23.0. The Labute approximate surface area is 84.5 Å². The van der Waals surface area contributed by atoms with Gasteiger partial charge in [0.05, 0.1) is 6.04 Å². The van der Waals surface area contributed by atoms with Gasteiger partial charge in [-0.1, -0.05) is 0 Å². The molecular weight excluding hydrogens is 209 g/mol. The molecule has 84 valence electrons. The molecule has 4 nitrogen and oxygen atoms in total. The van der Waals surface area contributed by atoms with E-state index in [-0.39, 0.29) is 6.04 Å². The van der Waals surface area contributed by atoms with Gasteiger partial charge in [0.2, 0.25) is 0 Å². The van der Waals surface area contributed by atoms with E-state index >= 15 is 0 Å². The fourth-order valence-electron chi connectivity index (χ4n) is 1.64. The van der Waals surface area contributed by atoms with E-state index in [4.69, 9.17) is 0 Å². The zero-order valence-corrected chi connectivity index (χ0v) is 7.96. The third-order valence-electron chi connectivity index (χ3n) is 2.41. The minimum absolute atomic E-state index is 0.0117. The van der Waals surface area contributed by atoms with Crippen LogP contribution in [0.5, 0.6) is 0 Å². The zero-order valence-electron chi connectivity index (χ0n) is 7.96. The van der Waals surface area contributed by atoms with Gasteiger partial charge in [0.25, 0.3) is 5.82 Å². The van der Waals surface area contributed by atoms with E-state index < -0.39 is 12.0 Å². The van der Waals surface area contributed by atoms with Gasteiger partial charge in [-0.15, -0.1) is 5.10 Å². The highest BCUT2D eigenvalue weighted by atomic mass is 19.4. The van der Waals surface area contributed by atoms with Crippen LogP contribution < -0.4 is 5.32 Å². The summed E-state index contributed by atoms with van der Waals surface area (Å²) in [5.41, 5.74) is 0.